The molecule has 0 spiro atoms. The Morgan fingerprint density at radius 2 is 1.55 bits per heavy atom. The van der Waals surface area contributed by atoms with E-state index in [1.165, 1.54) is 17.0 Å². The minimum absolute atomic E-state index is 0.0260. The Bertz CT molecular complexity index is 1460. The van der Waals surface area contributed by atoms with E-state index in [0.717, 1.165) is 9.87 Å². The first kappa shape index (κ1) is 31.5. The van der Waals surface area contributed by atoms with Crippen LogP contribution < -0.4 is 9.62 Å². The van der Waals surface area contributed by atoms with Crippen LogP contribution in [0, 0.1) is 19.8 Å². The molecule has 0 aromatic heterocycles. The molecule has 0 bridgehead atoms. The number of sulfonamides is 1. The highest BCUT2D eigenvalue weighted by Crippen LogP contribution is 2.28. The van der Waals surface area contributed by atoms with E-state index >= 15 is 0 Å². The number of benzene rings is 3. The molecular weight excluding hydrogens is 569 g/mol. The fourth-order valence-corrected chi connectivity index (χ4v) is 5.86. The zero-order valence-electron chi connectivity index (χ0n) is 23.3. The highest BCUT2D eigenvalue weighted by atomic mass is 35.5. The maximum Gasteiger partial charge on any atom is 0.264 e. The van der Waals surface area contributed by atoms with E-state index in [4.69, 9.17) is 23.2 Å². The molecule has 3 rings (SSSR count). The number of carbonyl (C=O) groups excluding carboxylic acids is 2. The van der Waals surface area contributed by atoms with Gasteiger partial charge in [-0.15, -0.1) is 0 Å². The summed E-state index contributed by atoms with van der Waals surface area (Å²) in [6.45, 7) is 9.17. The van der Waals surface area contributed by atoms with Gasteiger partial charge in [0.25, 0.3) is 10.0 Å². The lowest BCUT2D eigenvalue weighted by Gasteiger charge is -2.32. The number of para-hydroxylation sites is 1. The predicted octanol–water partition coefficient (Wildman–Crippen LogP) is 6.00. The molecule has 7 nitrogen and oxygen atoms in total. The largest absolute Gasteiger partial charge is 0.354 e. The van der Waals surface area contributed by atoms with Crippen LogP contribution in [0.15, 0.2) is 71.6 Å². The summed E-state index contributed by atoms with van der Waals surface area (Å²) < 4.78 is 28.9. The normalized spacial score (nSPS) is 12.2. The first-order valence-corrected chi connectivity index (χ1v) is 15.2. The zero-order valence-corrected chi connectivity index (χ0v) is 25.6. The van der Waals surface area contributed by atoms with Gasteiger partial charge in [0.05, 0.1) is 20.6 Å². The molecular formula is C30H35Cl2N3O4S. The van der Waals surface area contributed by atoms with E-state index in [-0.39, 0.29) is 23.3 Å². The lowest BCUT2D eigenvalue weighted by molar-refractivity contribution is -0.139. The van der Waals surface area contributed by atoms with Crippen molar-refractivity contribution >= 4 is 50.7 Å². The SMILES string of the molecule is Cc1ccc(S(=O)(=O)N(CC(=O)N(Cc2ccc(Cl)c(Cl)c2)[C@H](C)C(=O)NCC(C)C)c2ccccc2C)cc1. The summed E-state index contributed by atoms with van der Waals surface area (Å²) in [6, 6.07) is 17.5. The second kappa shape index (κ2) is 13.5. The van der Waals surface area contributed by atoms with Crippen molar-refractivity contribution in [3.8, 4) is 0 Å². The van der Waals surface area contributed by atoms with Gasteiger partial charge in [0, 0.05) is 13.1 Å². The van der Waals surface area contributed by atoms with Crippen molar-refractivity contribution in [3.05, 3.63) is 93.5 Å². The third-order valence-corrected chi connectivity index (χ3v) is 8.97. The second-order valence-electron chi connectivity index (χ2n) is 10.2. The molecule has 214 valence electrons. The van der Waals surface area contributed by atoms with Crippen LogP contribution in [0.2, 0.25) is 10.0 Å². The molecule has 3 aromatic carbocycles. The molecule has 10 heteroatoms. The average molecular weight is 605 g/mol. The molecule has 0 saturated carbocycles. The minimum Gasteiger partial charge on any atom is -0.354 e. The molecule has 0 unspecified atom stereocenters. The van der Waals surface area contributed by atoms with Gasteiger partial charge >= 0.3 is 0 Å². The minimum atomic E-state index is -4.13. The van der Waals surface area contributed by atoms with E-state index in [2.05, 4.69) is 5.32 Å². The van der Waals surface area contributed by atoms with Crippen molar-refractivity contribution in [2.75, 3.05) is 17.4 Å². The molecule has 0 aliphatic heterocycles. The van der Waals surface area contributed by atoms with Gasteiger partial charge < -0.3 is 10.2 Å². The van der Waals surface area contributed by atoms with Crippen molar-refractivity contribution in [3.63, 3.8) is 0 Å². The molecule has 0 aliphatic rings. The van der Waals surface area contributed by atoms with Crippen molar-refractivity contribution < 1.29 is 18.0 Å². The summed E-state index contributed by atoms with van der Waals surface area (Å²) >= 11 is 12.3. The highest BCUT2D eigenvalue weighted by Gasteiger charge is 2.33. The van der Waals surface area contributed by atoms with Crippen LogP contribution in [0.1, 0.15) is 37.5 Å². The maximum atomic E-state index is 14.0. The summed E-state index contributed by atoms with van der Waals surface area (Å²) in [5.41, 5.74) is 2.62. The average Bonchev–Trinajstić information content (AvgIpc) is 2.91. The number of rotatable bonds is 11. The van der Waals surface area contributed by atoms with Crippen molar-refractivity contribution in [1.82, 2.24) is 10.2 Å². The number of hydrogen-bond donors (Lipinski definition) is 1. The number of anilines is 1. The molecule has 0 saturated heterocycles. The van der Waals surface area contributed by atoms with Gasteiger partial charge in [-0.3, -0.25) is 13.9 Å². The van der Waals surface area contributed by atoms with E-state index in [1.54, 1.807) is 68.4 Å². The Hall–Kier alpha value is -3.07. The highest BCUT2D eigenvalue weighted by molar-refractivity contribution is 7.92. The fraction of sp³-hybridized carbons (Fsp3) is 0.333. The number of halogens is 2. The molecule has 0 heterocycles. The Balaban J connectivity index is 2.04. The zero-order chi connectivity index (χ0) is 29.6. The van der Waals surface area contributed by atoms with Gasteiger partial charge in [0.15, 0.2) is 0 Å². The Kier molecular flexibility index (Phi) is 10.6. The van der Waals surface area contributed by atoms with E-state index < -0.39 is 28.5 Å². The van der Waals surface area contributed by atoms with E-state index in [0.29, 0.717) is 33.4 Å². The lowest BCUT2D eigenvalue weighted by atomic mass is 10.1. The smallest absolute Gasteiger partial charge is 0.264 e. The lowest BCUT2D eigenvalue weighted by Crippen LogP contribution is -2.51. The summed E-state index contributed by atoms with van der Waals surface area (Å²) in [5.74, 6) is -0.672. The first-order chi connectivity index (χ1) is 18.8. The first-order valence-electron chi connectivity index (χ1n) is 13.0. The van der Waals surface area contributed by atoms with Crippen LogP contribution in [0.4, 0.5) is 5.69 Å². The van der Waals surface area contributed by atoms with Gasteiger partial charge in [-0.05, 0) is 68.1 Å². The van der Waals surface area contributed by atoms with Crippen molar-refractivity contribution in [1.29, 1.82) is 0 Å². The van der Waals surface area contributed by atoms with Crippen LogP contribution in [-0.2, 0) is 26.2 Å². The monoisotopic (exact) mass is 603 g/mol. The van der Waals surface area contributed by atoms with E-state index in [9.17, 15) is 18.0 Å². The Morgan fingerprint density at radius 1 is 0.900 bits per heavy atom. The van der Waals surface area contributed by atoms with Gasteiger partial charge in [-0.2, -0.15) is 0 Å². The Labute approximate surface area is 247 Å². The number of amides is 2. The van der Waals surface area contributed by atoms with Crippen LogP contribution in [0.5, 0.6) is 0 Å². The molecule has 1 atom stereocenters. The van der Waals surface area contributed by atoms with Crippen molar-refractivity contribution in [2.24, 2.45) is 5.92 Å². The molecule has 3 aromatic rings. The van der Waals surface area contributed by atoms with Gasteiger partial charge in [0.2, 0.25) is 11.8 Å². The van der Waals surface area contributed by atoms with Gasteiger partial charge in [-0.25, -0.2) is 8.42 Å². The quantitative estimate of drug-likeness (QED) is 0.291. The third kappa shape index (κ3) is 7.77. The van der Waals surface area contributed by atoms with Crippen LogP contribution >= 0.6 is 23.2 Å². The Morgan fingerprint density at radius 3 is 2.15 bits per heavy atom. The topological polar surface area (TPSA) is 86.8 Å². The summed E-state index contributed by atoms with van der Waals surface area (Å²) in [7, 11) is -4.13. The van der Waals surface area contributed by atoms with Gasteiger partial charge in [-0.1, -0.05) is 79.0 Å². The molecule has 1 N–H and O–H groups in total. The summed E-state index contributed by atoms with van der Waals surface area (Å²) in [5, 5.41) is 3.54. The van der Waals surface area contributed by atoms with E-state index in [1.807, 2.05) is 20.8 Å². The number of nitrogens with one attached hydrogen (secondary N) is 1. The molecule has 2 amide bonds. The molecule has 0 fully saturated rings. The summed E-state index contributed by atoms with van der Waals surface area (Å²) in [6.07, 6.45) is 0. The number of hydrogen-bond acceptors (Lipinski definition) is 4. The number of carbonyl (C=O) groups is 2. The fourth-order valence-electron chi connectivity index (χ4n) is 4.06. The molecule has 0 aliphatic carbocycles. The number of aryl methyl sites for hydroxylation is 2. The molecule has 40 heavy (non-hydrogen) atoms. The standard InChI is InChI=1S/C30H35Cl2N3O4S/c1-20(2)17-33-30(37)23(5)34(18-24-12-15-26(31)27(32)16-24)29(36)19-35(28-9-7-6-8-22(28)4)40(38,39)25-13-10-21(3)11-14-25/h6-16,20,23H,17-19H2,1-5H3,(H,33,37)/t23-/m1/s1. The number of nitrogens with zero attached hydrogens (tertiary/aromatic N) is 2. The van der Waals surface area contributed by atoms with Crippen LogP contribution in [-0.4, -0.2) is 44.3 Å². The van der Waals surface area contributed by atoms with Gasteiger partial charge in [0.1, 0.15) is 12.6 Å². The van der Waals surface area contributed by atoms with Crippen LogP contribution in [0.25, 0.3) is 0 Å². The second-order valence-corrected chi connectivity index (χ2v) is 12.9. The molecule has 0 radical (unpaired) electrons. The third-order valence-electron chi connectivity index (χ3n) is 6.46. The van der Waals surface area contributed by atoms with Crippen molar-refractivity contribution in [2.45, 2.75) is 52.1 Å². The maximum absolute atomic E-state index is 14.0. The predicted molar refractivity (Wildman–Crippen MR) is 161 cm³/mol. The summed E-state index contributed by atoms with van der Waals surface area (Å²) in [4.78, 5) is 28.5. The van der Waals surface area contributed by atoms with Crippen LogP contribution in [0.3, 0.4) is 0 Å².